The van der Waals surface area contributed by atoms with E-state index in [0.29, 0.717) is 27.8 Å². The van der Waals surface area contributed by atoms with Gasteiger partial charge in [-0.1, -0.05) is 41.1 Å². The molecule has 0 radical (unpaired) electrons. The number of thiazole rings is 1. The number of hydrogen-bond acceptors (Lipinski definition) is 7. The van der Waals surface area contributed by atoms with Gasteiger partial charge in [0.25, 0.3) is 0 Å². The third-order valence-corrected chi connectivity index (χ3v) is 8.48. The van der Waals surface area contributed by atoms with Crippen LogP contribution in [-0.4, -0.2) is 49.1 Å². The maximum Gasteiger partial charge on any atom is 0.337 e. The predicted octanol–water partition coefficient (Wildman–Crippen LogP) is 7.42. The molecule has 0 fully saturated rings. The van der Waals surface area contributed by atoms with Crippen molar-refractivity contribution < 1.29 is 24.5 Å². The summed E-state index contributed by atoms with van der Waals surface area (Å²) in [7, 11) is 1.87. The number of rotatable bonds is 10. The Balaban J connectivity index is 1.57. The number of aromatic nitrogens is 3. The van der Waals surface area contributed by atoms with Gasteiger partial charge in [-0.2, -0.15) is 5.10 Å². The van der Waals surface area contributed by atoms with Gasteiger partial charge in [-0.25, -0.2) is 9.78 Å². The number of nitrogens with one attached hydrogen (secondary N) is 1. The summed E-state index contributed by atoms with van der Waals surface area (Å²) in [5, 5.41) is 29.7. The lowest BCUT2D eigenvalue weighted by Crippen LogP contribution is -2.28. The van der Waals surface area contributed by atoms with Crippen LogP contribution in [0.4, 0.5) is 5.13 Å². The Kier molecular flexibility index (Phi) is 8.47. The van der Waals surface area contributed by atoms with E-state index in [-0.39, 0.29) is 12.3 Å². The largest absolute Gasteiger partial charge is 0.481 e. The summed E-state index contributed by atoms with van der Waals surface area (Å²) in [6.07, 6.45) is 0.493. The molecular weight excluding hydrogens is 588 g/mol. The van der Waals surface area contributed by atoms with E-state index < -0.39 is 23.6 Å². The lowest BCUT2D eigenvalue weighted by molar-refractivity contribution is -0.160. The number of fused-ring (bicyclic) bond motifs is 2. The highest BCUT2D eigenvalue weighted by Crippen LogP contribution is 2.44. The fourth-order valence-corrected chi connectivity index (χ4v) is 6.44. The number of nitrogens with zero attached hydrogens (tertiary/aromatic N) is 3. The van der Waals surface area contributed by atoms with Crippen molar-refractivity contribution in [3.05, 3.63) is 76.4 Å². The average Bonchev–Trinajstić information content (AvgIpc) is 3.51. The molecule has 1 unspecified atom stereocenters. The summed E-state index contributed by atoms with van der Waals surface area (Å²) >= 11 is 7.59. The van der Waals surface area contributed by atoms with Gasteiger partial charge < -0.3 is 20.3 Å². The SMILES string of the molecule is Cc1cc2nc(NCC(CC(=O)O)c3ccc4c(cnn4C)c3)sc2c(-c2ccc(Cl)cc2)c1[C@H](OC(C)(C)C)C(=O)O. The number of carbonyl (C=O) groups is 2. The summed E-state index contributed by atoms with van der Waals surface area (Å²) < 4.78 is 8.66. The second-order valence-electron chi connectivity index (χ2n) is 11.6. The average molecular weight is 621 g/mol. The molecule has 0 amide bonds. The number of hydrogen-bond donors (Lipinski definition) is 3. The maximum absolute atomic E-state index is 12.6. The van der Waals surface area contributed by atoms with Crippen molar-refractivity contribution in [2.24, 2.45) is 7.05 Å². The predicted molar refractivity (Wildman–Crippen MR) is 170 cm³/mol. The smallest absolute Gasteiger partial charge is 0.337 e. The summed E-state index contributed by atoms with van der Waals surface area (Å²) in [5.41, 5.74) is 4.65. The van der Waals surface area contributed by atoms with Crippen molar-refractivity contribution in [3.8, 4) is 11.1 Å². The molecule has 0 aliphatic rings. The molecule has 224 valence electrons. The third-order valence-electron chi connectivity index (χ3n) is 7.18. The van der Waals surface area contributed by atoms with Crippen LogP contribution < -0.4 is 5.32 Å². The van der Waals surface area contributed by atoms with E-state index in [1.54, 1.807) is 23.0 Å². The van der Waals surface area contributed by atoms with Crippen LogP contribution in [0.15, 0.2) is 54.7 Å². The highest BCUT2D eigenvalue weighted by molar-refractivity contribution is 7.22. The molecule has 11 heteroatoms. The Morgan fingerprint density at radius 1 is 1.12 bits per heavy atom. The van der Waals surface area contributed by atoms with E-state index in [2.05, 4.69) is 10.4 Å². The summed E-state index contributed by atoms with van der Waals surface area (Å²) in [6.45, 7) is 7.68. The van der Waals surface area contributed by atoms with Crippen molar-refractivity contribution in [2.75, 3.05) is 11.9 Å². The second-order valence-corrected chi connectivity index (χ2v) is 13.0. The number of halogens is 1. The Labute approximate surface area is 258 Å². The minimum atomic E-state index is -1.21. The summed E-state index contributed by atoms with van der Waals surface area (Å²) in [4.78, 5) is 29.2. The summed E-state index contributed by atoms with van der Waals surface area (Å²) in [6, 6.07) is 15.0. The normalized spacial score (nSPS) is 13.3. The van der Waals surface area contributed by atoms with Gasteiger partial charge in [0.15, 0.2) is 11.2 Å². The number of aryl methyl sites for hydroxylation is 2. The lowest BCUT2D eigenvalue weighted by atomic mass is 9.91. The molecule has 0 spiro atoms. The second kappa shape index (κ2) is 11.9. The first-order chi connectivity index (χ1) is 20.3. The van der Waals surface area contributed by atoms with Crippen LogP contribution in [0.25, 0.3) is 32.2 Å². The Morgan fingerprint density at radius 3 is 2.49 bits per heavy atom. The van der Waals surface area contributed by atoms with Crippen LogP contribution >= 0.6 is 22.9 Å². The van der Waals surface area contributed by atoms with Crippen molar-refractivity contribution >= 4 is 61.1 Å². The number of carboxylic acid groups (broad SMARTS) is 2. The number of ether oxygens (including phenoxy) is 1. The monoisotopic (exact) mass is 620 g/mol. The zero-order valence-corrected chi connectivity index (χ0v) is 26.1. The molecule has 0 saturated heterocycles. The molecule has 2 heterocycles. The van der Waals surface area contributed by atoms with Gasteiger partial charge in [0.2, 0.25) is 0 Å². The molecule has 0 bridgehead atoms. The maximum atomic E-state index is 12.6. The van der Waals surface area contributed by atoms with Crippen LogP contribution in [0.1, 0.15) is 55.9 Å². The minimum absolute atomic E-state index is 0.0621. The fraction of sp³-hybridized carbons (Fsp3) is 0.312. The van der Waals surface area contributed by atoms with Crippen molar-refractivity contribution in [1.82, 2.24) is 14.8 Å². The number of aliphatic carboxylic acids is 2. The highest BCUT2D eigenvalue weighted by Gasteiger charge is 2.32. The van der Waals surface area contributed by atoms with Crippen molar-refractivity contribution in [3.63, 3.8) is 0 Å². The van der Waals surface area contributed by atoms with E-state index in [4.69, 9.17) is 21.3 Å². The van der Waals surface area contributed by atoms with Gasteiger partial charge in [-0.05, 0) is 74.7 Å². The fourth-order valence-electron chi connectivity index (χ4n) is 5.28. The molecule has 2 atom stereocenters. The molecular formula is C32H33ClN4O5S. The standard InChI is InChI=1S/C32H33ClN4O5S/c1-17-12-23-29(27(18-6-9-22(33)10-7-18)26(17)28(30(40)41)42-32(2,3)4)43-31(36-23)34-15-20(14-25(38)39)19-8-11-24-21(13-19)16-35-37(24)5/h6-13,16,20,28H,14-15H2,1-5H3,(H,34,36)(H,38,39)(H,40,41)/t20?,28-/m0/s1. The Hall–Kier alpha value is -3.99. The van der Waals surface area contributed by atoms with E-state index in [0.717, 1.165) is 37.9 Å². The van der Waals surface area contributed by atoms with Gasteiger partial charge in [0.1, 0.15) is 0 Å². The number of anilines is 1. The number of benzene rings is 3. The van der Waals surface area contributed by atoms with Crippen LogP contribution in [0.5, 0.6) is 0 Å². The minimum Gasteiger partial charge on any atom is -0.481 e. The molecule has 3 N–H and O–H groups in total. The molecule has 0 saturated carbocycles. The van der Waals surface area contributed by atoms with Crippen molar-refractivity contribution in [2.45, 2.75) is 51.7 Å². The first kappa shape index (κ1) is 30.5. The zero-order valence-electron chi connectivity index (χ0n) is 24.5. The van der Waals surface area contributed by atoms with Gasteiger partial charge in [0, 0.05) is 41.0 Å². The third kappa shape index (κ3) is 6.66. The van der Waals surface area contributed by atoms with Crippen LogP contribution in [0, 0.1) is 6.92 Å². The van der Waals surface area contributed by atoms with Gasteiger partial charge in [0.05, 0.1) is 34.0 Å². The van der Waals surface area contributed by atoms with E-state index in [9.17, 15) is 19.8 Å². The molecule has 5 rings (SSSR count). The highest BCUT2D eigenvalue weighted by atomic mass is 35.5. The molecule has 0 aliphatic heterocycles. The zero-order chi connectivity index (χ0) is 31.1. The van der Waals surface area contributed by atoms with Crippen LogP contribution in [0.3, 0.4) is 0 Å². The summed E-state index contributed by atoms with van der Waals surface area (Å²) in [5.74, 6) is -2.30. The first-order valence-electron chi connectivity index (χ1n) is 13.8. The van der Waals surface area contributed by atoms with Crippen molar-refractivity contribution in [1.29, 1.82) is 0 Å². The molecule has 43 heavy (non-hydrogen) atoms. The van der Waals surface area contributed by atoms with E-state index in [1.165, 1.54) is 11.3 Å². The molecule has 9 nitrogen and oxygen atoms in total. The van der Waals surface area contributed by atoms with E-state index >= 15 is 0 Å². The molecule has 5 aromatic rings. The molecule has 2 aromatic heterocycles. The Morgan fingerprint density at radius 2 is 1.84 bits per heavy atom. The quantitative estimate of drug-likeness (QED) is 0.147. The Bertz CT molecular complexity index is 1820. The van der Waals surface area contributed by atoms with Gasteiger partial charge in [-0.3, -0.25) is 9.48 Å². The van der Waals surface area contributed by atoms with Gasteiger partial charge >= 0.3 is 11.9 Å². The van der Waals surface area contributed by atoms with E-state index in [1.807, 2.05) is 71.1 Å². The van der Waals surface area contributed by atoms with Crippen LogP contribution in [-0.2, 0) is 21.4 Å². The molecule has 0 aliphatic carbocycles. The topological polar surface area (TPSA) is 127 Å². The van der Waals surface area contributed by atoms with Crippen LogP contribution in [0.2, 0.25) is 5.02 Å². The lowest BCUT2D eigenvalue weighted by Gasteiger charge is -2.28. The first-order valence-corrected chi connectivity index (χ1v) is 15.0. The van der Waals surface area contributed by atoms with Gasteiger partial charge in [-0.15, -0.1) is 0 Å². The number of carboxylic acids is 2. The molecule has 3 aromatic carbocycles.